The molecule has 0 fully saturated rings. The highest BCUT2D eigenvalue weighted by molar-refractivity contribution is 6.03. The summed E-state index contributed by atoms with van der Waals surface area (Å²) in [6.45, 7) is 3.74. The average molecular weight is 403 g/mol. The minimum atomic E-state index is -0.422. The van der Waals surface area contributed by atoms with Gasteiger partial charge in [-0.25, -0.2) is 13.9 Å². The maximum absolute atomic E-state index is 13.2. The van der Waals surface area contributed by atoms with Crippen molar-refractivity contribution in [2.45, 2.75) is 13.8 Å². The van der Waals surface area contributed by atoms with E-state index in [0.717, 1.165) is 22.6 Å². The standard InChI is InChI=1S/C23H18FN3O3/c1-14-20(15(2)27(26-14)19-7-4-17(24)5-8-19)9-11-22(28)25-18-6-10-21-16(13-18)3-12-23(29)30-21/h3-13H,1-2H3,(H,25,28)/b11-9+. The van der Waals surface area contributed by atoms with Gasteiger partial charge in [-0.2, -0.15) is 5.10 Å². The lowest BCUT2D eigenvalue weighted by molar-refractivity contribution is -0.111. The van der Waals surface area contributed by atoms with Crippen molar-refractivity contribution in [2.75, 3.05) is 5.32 Å². The highest BCUT2D eigenvalue weighted by Gasteiger charge is 2.11. The normalized spacial score (nSPS) is 11.3. The van der Waals surface area contributed by atoms with Gasteiger partial charge in [-0.05, 0) is 68.5 Å². The number of fused-ring (bicyclic) bond motifs is 1. The largest absolute Gasteiger partial charge is 0.423 e. The van der Waals surface area contributed by atoms with E-state index in [0.29, 0.717) is 16.7 Å². The first-order valence-electron chi connectivity index (χ1n) is 9.26. The number of nitrogens with one attached hydrogen (secondary N) is 1. The number of carbonyl (C=O) groups excluding carboxylic acids is 1. The van der Waals surface area contributed by atoms with Crippen LogP contribution in [-0.4, -0.2) is 15.7 Å². The summed E-state index contributed by atoms with van der Waals surface area (Å²) in [5.74, 6) is -0.618. The van der Waals surface area contributed by atoms with E-state index < -0.39 is 5.63 Å². The van der Waals surface area contributed by atoms with Crippen LogP contribution in [0.4, 0.5) is 10.1 Å². The number of nitrogens with zero attached hydrogens (tertiary/aromatic N) is 2. The molecule has 1 N–H and O–H groups in total. The van der Waals surface area contributed by atoms with Crippen molar-refractivity contribution < 1.29 is 13.6 Å². The van der Waals surface area contributed by atoms with Crippen molar-refractivity contribution in [1.82, 2.24) is 9.78 Å². The Labute approximate surface area is 171 Å². The average Bonchev–Trinajstić information content (AvgIpc) is 3.00. The van der Waals surface area contributed by atoms with Gasteiger partial charge in [0, 0.05) is 34.5 Å². The van der Waals surface area contributed by atoms with E-state index in [-0.39, 0.29) is 11.7 Å². The molecular weight excluding hydrogens is 385 g/mol. The molecule has 0 spiro atoms. The number of benzene rings is 2. The second-order valence-electron chi connectivity index (χ2n) is 6.80. The van der Waals surface area contributed by atoms with Crippen LogP contribution in [0.5, 0.6) is 0 Å². The number of carbonyl (C=O) groups is 1. The molecule has 0 saturated carbocycles. The monoisotopic (exact) mass is 403 g/mol. The molecule has 2 aromatic carbocycles. The van der Waals surface area contributed by atoms with Gasteiger partial charge in [-0.15, -0.1) is 0 Å². The Kier molecular flexibility index (Phi) is 5.02. The first-order chi connectivity index (χ1) is 14.4. The van der Waals surface area contributed by atoms with E-state index in [9.17, 15) is 14.0 Å². The molecule has 30 heavy (non-hydrogen) atoms. The zero-order valence-electron chi connectivity index (χ0n) is 16.3. The smallest absolute Gasteiger partial charge is 0.336 e. The van der Waals surface area contributed by atoms with Gasteiger partial charge in [0.05, 0.1) is 11.4 Å². The number of halogens is 1. The first kappa shape index (κ1) is 19.3. The first-order valence-corrected chi connectivity index (χ1v) is 9.26. The minimum Gasteiger partial charge on any atom is -0.423 e. The van der Waals surface area contributed by atoms with Crippen molar-refractivity contribution in [3.8, 4) is 5.69 Å². The van der Waals surface area contributed by atoms with E-state index in [1.165, 1.54) is 24.3 Å². The second-order valence-corrected chi connectivity index (χ2v) is 6.80. The van der Waals surface area contributed by atoms with Gasteiger partial charge >= 0.3 is 5.63 Å². The number of hydrogen-bond donors (Lipinski definition) is 1. The van der Waals surface area contributed by atoms with Gasteiger partial charge in [0.15, 0.2) is 0 Å². The topological polar surface area (TPSA) is 77.1 Å². The molecule has 0 aliphatic rings. The zero-order valence-corrected chi connectivity index (χ0v) is 16.3. The molecule has 4 rings (SSSR count). The van der Waals surface area contributed by atoms with Crippen LogP contribution in [-0.2, 0) is 4.79 Å². The molecule has 4 aromatic rings. The third-order valence-corrected chi connectivity index (χ3v) is 4.71. The number of rotatable bonds is 4. The quantitative estimate of drug-likeness (QED) is 0.405. The van der Waals surface area contributed by atoms with E-state index in [1.807, 2.05) is 13.8 Å². The van der Waals surface area contributed by atoms with Crippen molar-refractivity contribution in [2.24, 2.45) is 0 Å². The molecule has 150 valence electrons. The maximum Gasteiger partial charge on any atom is 0.336 e. The third kappa shape index (κ3) is 3.91. The van der Waals surface area contributed by atoms with E-state index in [1.54, 1.807) is 47.2 Å². The molecule has 0 radical (unpaired) electrons. The molecular formula is C23H18FN3O3. The van der Waals surface area contributed by atoms with Gasteiger partial charge in [-0.1, -0.05) is 0 Å². The fourth-order valence-electron chi connectivity index (χ4n) is 3.22. The molecule has 6 nitrogen and oxygen atoms in total. The fraction of sp³-hybridized carbons (Fsp3) is 0.0870. The number of amides is 1. The summed E-state index contributed by atoms with van der Waals surface area (Å²) in [4.78, 5) is 23.6. The highest BCUT2D eigenvalue weighted by Crippen LogP contribution is 2.20. The van der Waals surface area contributed by atoms with E-state index in [2.05, 4.69) is 10.4 Å². The molecule has 0 aliphatic heterocycles. The predicted molar refractivity (Wildman–Crippen MR) is 113 cm³/mol. The Bertz CT molecular complexity index is 1330. The van der Waals surface area contributed by atoms with Crippen LogP contribution >= 0.6 is 0 Å². The fourth-order valence-corrected chi connectivity index (χ4v) is 3.22. The Morgan fingerprint density at radius 1 is 1.10 bits per heavy atom. The van der Waals surface area contributed by atoms with Crippen LogP contribution in [0, 0.1) is 19.7 Å². The molecule has 2 aromatic heterocycles. The van der Waals surface area contributed by atoms with Gasteiger partial charge in [0.1, 0.15) is 11.4 Å². The summed E-state index contributed by atoms with van der Waals surface area (Å²) in [5, 5.41) is 7.99. The zero-order chi connectivity index (χ0) is 21.3. The number of hydrogen-bond acceptors (Lipinski definition) is 4. The molecule has 1 amide bonds. The number of anilines is 1. The summed E-state index contributed by atoms with van der Waals surface area (Å²) in [5.41, 5.74) is 3.76. The maximum atomic E-state index is 13.2. The predicted octanol–water partition coefficient (Wildman–Crippen LogP) is 4.39. The lowest BCUT2D eigenvalue weighted by atomic mass is 10.1. The van der Waals surface area contributed by atoms with Crippen LogP contribution in [0.2, 0.25) is 0 Å². The van der Waals surface area contributed by atoms with E-state index in [4.69, 9.17) is 4.42 Å². The van der Waals surface area contributed by atoms with Crippen molar-refractivity contribution in [3.05, 3.63) is 93.9 Å². The van der Waals surface area contributed by atoms with Crippen LogP contribution in [0.3, 0.4) is 0 Å². The van der Waals surface area contributed by atoms with E-state index >= 15 is 0 Å². The lowest BCUT2D eigenvalue weighted by Gasteiger charge is -2.04. The van der Waals surface area contributed by atoms with Gasteiger partial charge in [0.2, 0.25) is 5.91 Å². The Morgan fingerprint density at radius 2 is 1.87 bits per heavy atom. The van der Waals surface area contributed by atoms with Crippen molar-refractivity contribution >= 4 is 28.6 Å². The number of aryl methyl sites for hydroxylation is 1. The molecule has 0 atom stereocenters. The highest BCUT2D eigenvalue weighted by atomic mass is 19.1. The van der Waals surface area contributed by atoms with Crippen molar-refractivity contribution in [3.63, 3.8) is 0 Å². The molecule has 7 heteroatoms. The minimum absolute atomic E-state index is 0.305. The summed E-state index contributed by atoms with van der Waals surface area (Å²) in [6, 6.07) is 14.1. The molecule has 0 bridgehead atoms. The van der Waals surface area contributed by atoms with Gasteiger partial charge in [0.25, 0.3) is 0 Å². The summed E-state index contributed by atoms with van der Waals surface area (Å²) in [7, 11) is 0. The SMILES string of the molecule is Cc1nn(-c2ccc(F)cc2)c(C)c1/C=C/C(=O)Nc1ccc2oc(=O)ccc2c1. The Balaban J connectivity index is 1.53. The third-order valence-electron chi connectivity index (χ3n) is 4.71. The molecule has 2 heterocycles. The van der Waals surface area contributed by atoms with Crippen LogP contribution in [0.1, 0.15) is 17.0 Å². The lowest BCUT2D eigenvalue weighted by Crippen LogP contribution is -2.07. The van der Waals surface area contributed by atoms with Crippen LogP contribution < -0.4 is 10.9 Å². The Hall–Kier alpha value is -4.00. The number of aromatic nitrogens is 2. The molecule has 0 aliphatic carbocycles. The summed E-state index contributed by atoms with van der Waals surface area (Å²) < 4.78 is 20.0. The van der Waals surface area contributed by atoms with Crippen LogP contribution in [0.15, 0.2) is 69.9 Å². The van der Waals surface area contributed by atoms with Crippen molar-refractivity contribution in [1.29, 1.82) is 0 Å². The summed E-state index contributed by atoms with van der Waals surface area (Å²) in [6.07, 6.45) is 3.13. The van der Waals surface area contributed by atoms with Gasteiger partial charge < -0.3 is 9.73 Å². The summed E-state index contributed by atoms with van der Waals surface area (Å²) >= 11 is 0. The Morgan fingerprint density at radius 3 is 2.63 bits per heavy atom. The van der Waals surface area contributed by atoms with Crippen LogP contribution in [0.25, 0.3) is 22.7 Å². The second kappa shape index (κ2) is 7.79. The molecule has 0 saturated heterocycles. The molecule has 0 unspecified atom stereocenters. The van der Waals surface area contributed by atoms with Gasteiger partial charge in [-0.3, -0.25) is 4.79 Å².